The summed E-state index contributed by atoms with van der Waals surface area (Å²) >= 11 is 0. The Morgan fingerprint density at radius 2 is 1.84 bits per heavy atom. The van der Waals surface area contributed by atoms with Crippen molar-refractivity contribution in [1.82, 2.24) is 0 Å². The fourth-order valence-electron chi connectivity index (χ4n) is 4.04. The van der Waals surface area contributed by atoms with Crippen LogP contribution in [0.25, 0.3) is 22.1 Å². The van der Waals surface area contributed by atoms with Gasteiger partial charge in [-0.3, -0.25) is 4.79 Å². The zero-order valence-electron chi connectivity index (χ0n) is 18.4. The summed E-state index contributed by atoms with van der Waals surface area (Å²) < 4.78 is 17.7. The average Bonchev–Trinajstić information content (AvgIpc) is 2.75. The predicted molar refractivity (Wildman–Crippen MR) is 121 cm³/mol. The van der Waals surface area contributed by atoms with E-state index in [1.807, 2.05) is 64.1 Å². The second-order valence-electron chi connectivity index (χ2n) is 8.23. The molecule has 160 valence electrons. The number of carbonyl (C=O) groups is 1. The Kier molecular flexibility index (Phi) is 5.44. The first kappa shape index (κ1) is 20.9. The van der Waals surface area contributed by atoms with E-state index in [1.165, 1.54) is 13.2 Å². The zero-order valence-corrected chi connectivity index (χ0v) is 18.4. The fourth-order valence-corrected chi connectivity index (χ4v) is 4.04. The molecule has 1 aliphatic rings. The van der Waals surface area contributed by atoms with Gasteiger partial charge in [0.2, 0.25) is 0 Å². The zero-order chi connectivity index (χ0) is 22.3. The van der Waals surface area contributed by atoms with Crippen LogP contribution in [0.15, 0.2) is 57.3 Å². The van der Waals surface area contributed by atoms with Crippen LogP contribution in [0.2, 0.25) is 0 Å². The minimum absolute atomic E-state index is 0.0313. The molecule has 5 nitrogen and oxygen atoms in total. The topological polar surface area (TPSA) is 65.7 Å². The highest BCUT2D eigenvalue weighted by Gasteiger charge is 2.38. The van der Waals surface area contributed by atoms with E-state index >= 15 is 0 Å². The number of rotatable bonds is 4. The van der Waals surface area contributed by atoms with Crippen LogP contribution >= 0.6 is 0 Å². The molecule has 5 heteroatoms. The predicted octanol–water partition coefficient (Wildman–Crippen LogP) is 5.58. The number of hydrogen-bond donors (Lipinski definition) is 0. The third kappa shape index (κ3) is 3.54. The molecule has 0 saturated heterocycles. The van der Waals surface area contributed by atoms with Crippen molar-refractivity contribution in [3.8, 4) is 22.6 Å². The van der Waals surface area contributed by atoms with E-state index in [0.717, 1.165) is 11.1 Å². The maximum atomic E-state index is 13.4. The first-order valence-corrected chi connectivity index (χ1v) is 10.4. The Labute approximate surface area is 181 Å². The van der Waals surface area contributed by atoms with Crippen LogP contribution in [0.4, 0.5) is 0 Å². The van der Waals surface area contributed by atoms with Crippen LogP contribution in [0.1, 0.15) is 43.6 Å². The Balaban J connectivity index is 2.20. The van der Waals surface area contributed by atoms with Crippen LogP contribution in [-0.2, 0) is 6.42 Å². The molecule has 0 radical (unpaired) electrons. The van der Waals surface area contributed by atoms with Gasteiger partial charge in [-0.25, -0.2) is 4.79 Å². The molecular formula is C26H26O5. The van der Waals surface area contributed by atoms with Gasteiger partial charge in [-0.2, -0.15) is 0 Å². The first-order valence-electron chi connectivity index (χ1n) is 10.4. The number of carbonyl (C=O) groups excluding carboxylic acids is 1. The van der Waals surface area contributed by atoms with E-state index in [2.05, 4.69) is 0 Å². The monoisotopic (exact) mass is 418 g/mol. The standard InChI is InChI=1S/C26H26O5/c1-14(2)11-12-18-24-21(19(13-20(27)31-24)17-9-7-6-8-10-17)26(29-5)22-23(28)15(3)16(4)30-25(18)22/h6-11,13,15-16H,12H2,1-5H3/t15-,16+/m1/s1. The van der Waals surface area contributed by atoms with E-state index < -0.39 is 5.63 Å². The van der Waals surface area contributed by atoms with E-state index in [0.29, 0.717) is 45.6 Å². The van der Waals surface area contributed by atoms with Crippen LogP contribution < -0.4 is 15.1 Å². The first-order chi connectivity index (χ1) is 14.8. The Morgan fingerprint density at radius 1 is 1.13 bits per heavy atom. The molecule has 0 fully saturated rings. The number of ether oxygens (including phenoxy) is 2. The minimum atomic E-state index is -0.463. The number of benzene rings is 2. The summed E-state index contributed by atoms with van der Waals surface area (Å²) in [4.78, 5) is 26.0. The Bertz CT molecular complexity index is 1250. The van der Waals surface area contributed by atoms with E-state index in [4.69, 9.17) is 13.9 Å². The van der Waals surface area contributed by atoms with Gasteiger partial charge < -0.3 is 13.9 Å². The van der Waals surface area contributed by atoms with Gasteiger partial charge in [0.1, 0.15) is 28.7 Å². The molecule has 2 aromatic carbocycles. The van der Waals surface area contributed by atoms with Crippen molar-refractivity contribution in [2.24, 2.45) is 5.92 Å². The number of allylic oxidation sites excluding steroid dienone is 2. The summed E-state index contributed by atoms with van der Waals surface area (Å²) in [7, 11) is 1.53. The van der Waals surface area contributed by atoms with E-state index in [9.17, 15) is 9.59 Å². The van der Waals surface area contributed by atoms with Gasteiger partial charge >= 0.3 is 5.63 Å². The SMILES string of the molecule is COc1c2c(c(CC=C(C)C)c3oc(=O)cc(-c4ccccc4)c13)O[C@@H](C)[C@@H](C)C2=O. The molecule has 0 bridgehead atoms. The van der Waals surface area contributed by atoms with Gasteiger partial charge in [0.25, 0.3) is 0 Å². The second-order valence-corrected chi connectivity index (χ2v) is 8.23. The van der Waals surface area contributed by atoms with Gasteiger partial charge in [0.15, 0.2) is 5.78 Å². The number of methoxy groups -OCH3 is 1. The van der Waals surface area contributed by atoms with Gasteiger partial charge in [-0.15, -0.1) is 0 Å². The highest BCUT2D eigenvalue weighted by molar-refractivity contribution is 6.12. The minimum Gasteiger partial charge on any atom is -0.495 e. The summed E-state index contributed by atoms with van der Waals surface area (Å²) in [6, 6.07) is 11.0. The van der Waals surface area contributed by atoms with Crippen molar-refractivity contribution in [2.45, 2.75) is 40.2 Å². The summed E-state index contributed by atoms with van der Waals surface area (Å²) in [6.45, 7) is 7.74. The van der Waals surface area contributed by atoms with Crippen LogP contribution in [-0.4, -0.2) is 19.0 Å². The molecule has 4 rings (SSSR count). The van der Waals surface area contributed by atoms with E-state index in [-0.39, 0.29) is 17.8 Å². The van der Waals surface area contributed by atoms with Gasteiger partial charge in [-0.05, 0) is 32.8 Å². The highest BCUT2D eigenvalue weighted by atomic mass is 16.5. The molecule has 0 unspecified atom stereocenters. The lowest BCUT2D eigenvalue weighted by Crippen LogP contribution is -2.34. The third-order valence-corrected chi connectivity index (χ3v) is 5.86. The molecule has 2 atom stereocenters. The number of hydrogen-bond acceptors (Lipinski definition) is 5. The lowest BCUT2D eigenvalue weighted by molar-refractivity contribution is 0.0723. The quantitative estimate of drug-likeness (QED) is 0.409. The van der Waals surface area contributed by atoms with E-state index in [1.54, 1.807) is 0 Å². The normalized spacial score (nSPS) is 17.8. The molecule has 1 aliphatic heterocycles. The molecule has 0 N–H and O–H groups in total. The van der Waals surface area contributed by atoms with Gasteiger partial charge in [0.05, 0.1) is 18.4 Å². The summed E-state index contributed by atoms with van der Waals surface area (Å²) in [6.07, 6.45) is 2.21. The summed E-state index contributed by atoms with van der Waals surface area (Å²) in [5, 5.41) is 0.614. The Morgan fingerprint density at radius 3 is 2.48 bits per heavy atom. The molecule has 2 heterocycles. The molecular weight excluding hydrogens is 392 g/mol. The van der Waals surface area contributed by atoms with Crippen LogP contribution in [0, 0.1) is 5.92 Å². The van der Waals surface area contributed by atoms with Crippen molar-refractivity contribution < 1.29 is 18.7 Å². The van der Waals surface area contributed by atoms with Crippen molar-refractivity contribution in [2.75, 3.05) is 7.11 Å². The van der Waals surface area contributed by atoms with Crippen LogP contribution in [0.5, 0.6) is 11.5 Å². The second kappa shape index (κ2) is 8.06. The summed E-state index contributed by atoms with van der Waals surface area (Å²) in [5.41, 5.74) is 3.67. The molecule has 3 aromatic rings. The number of Topliss-reactive ketones (excluding diaryl/α,β-unsaturated/α-hetero) is 1. The summed E-state index contributed by atoms with van der Waals surface area (Å²) in [5.74, 6) is 0.491. The molecule has 0 amide bonds. The fraction of sp³-hybridized carbons (Fsp3) is 0.308. The highest BCUT2D eigenvalue weighted by Crippen LogP contribution is 2.48. The van der Waals surface area contributed by atoms with Crippen molar-refractivity contribution in [3.05, 3.63) is 69.6 Å². The smallest absolute Gasteiger partial charge is 0.336 e. The van der Waals surface area contributed by atoms with Gasteiger partial charge in [-0.1, -0.05) is 48.9 Å². The van der Waals surface area contributed by atoms with Crippen molar-refractivity contribution >= 4 is 16.8 Å². The maximum Gasteiger partial charge on any atom is 0.336 e. The number of fused-ring (bicyclic) bond motifs is 2. The number of ketones is 1. The lowest BCUT2D eigenvalue weighted by Gasteiger charge is -2.31. The molecule has 31 heavy (non-hydrogen) atoms. The Hall–Kier alpha value is -3.34. The van der Waals surface area contributed by atoms with Crippen LogP contribution in [0.3, 0.4) is 0 Å². The van der Waals surface area contributed by atoms with Crippen molar-refractivity contribution in [3.63, 3.8) is 0 Å². The molecule has 1 aromatic heterocycles. The molecule has 0 saturated carbocycles. The largest absolute Gasteiger partial charge is 0.495 e. The van der Waals surface area contributed by atoms with Gasteiger partial charge in [0, 0.05) is 17.2 Å². The average molecular weight is 418 g/mol. The maximum absolute atomic E-state index is 13.4. The molecule has 0 aliphatic carbocycles. The van der Waals surface area contributed by atoms with Crippen molar-refractivity contribution in [1.29, 1.82) is 0 Å². The lowest BCUT2D eigenvalue weighted by atomic mass is 9.86. The third-order valence-electron chi connectivity index (χ3n) is 5.86. The molecule has 0 spiro atoms.